The maximum absolute atomic E-state index is 12.4. The first kappa shape index (κ1) is 14.9. The van der Waals surface area contributed by atoms with E-state index in [1.807, 2.05) is 6.92 Å². The lowest BCUT2D eigenvalue weighted by atomic mass is 9.99. The first-order chi connectivity index (χ1) is 9.88. The molecular formula is C13H15N3O5. The molecule has 0 aliphatic carbocycles. The molecule has 1 aromatic rings. The van der Waals surface area contributed by atoms with Crippen LogP contribution in [0.4, 0.5) is 11.4 Å². The normalized spacial score (nSPS) is 18.3. The van der Waals surface area contributed by atoms with Crippen molar-refractivity contribution in [3.8, 4) is 0 Å². The van der Waals surface area contributed by atoms with Gasteiger partial charge in [-0.25, -0.2) is 0 Å². The Balaban J connectivity index is 2.35. The number of piperidine rings is 1. The summed E-state index contributed by atoms with van der Waals surface area (Å²) >= 11 is 0. The van der Waals surface area contributed by atoms with E-state index in [4.69, 9.17) is 0 Å². The molecule has 21 heavy (non-hydrogen) atoms. The highest BCUT2D eigenvalue weighted by molar-refractivity contribution is 5.95. The number of likely N-dealkylation sites (tertiary alicyclic amines) is 1. The summed E-state index contributed by atoms with van der Waals surface area (Å²) in [5.41, 5.74) is -0.903. The van der Waals surface area contributed by atoms with Crippen molar-refractivity contribution >= 4 is 17.3 Å². The molecule has 0 radical (unpaired) electrons. The van der Waals surface area contributed by atoms with Crippen LogP contribution in [-0.2, 0) is 0 Å². The number of non-ortho nitro benzene ring substituents is 2. The number of carbonyl (C=O) groups is 1. The van der Waals surface area contributed by atoms with Crippen LogP contribution < -0.4 is 0 Å². The van der Waals surface area contributed by atoms with Crippen LogP contribution in [-0.4, -0.2) is 33.7 Å². The highest BCUT2D eigenvalue weighted by Gasteiger charge is 2.25. The van der Waals surface area contributed by atoms with E-state index in [9.17, 15) is 25.0 Å². The van der Waals surface area contributed by atoms with Gasteiger partial charge in [0.2, 0.25) is 0 Å². The summed E-state index contributed by atoms with van der Waals surface area (Å²) in [6, 6.07) is 3.04. The zero-order valence-corrected chi connectivity index (χ0v) is 11.5. The second-order valence-corrected chi connectivity index (χ2v) is 5.25. The van der Waals surface area contributed by atoms with Crippen molar-refractivity contribution in [3.05, 3.63) is 44.0 Å². The van der Waals surface area contributed by atoms with E-state index < -0.39 is 27.1 Å². The summed E-state index contributed by atoms with van der Waals surface area (Å²) < 4.78 is 0. The third-order valence-corrected chi connectivity index (χ3v) is 3.52. The van der Waals surface area contributed by atoms with Crippen molar-refractivity contribution in [1.82, 2.24) is 4.90 Å². The Hall–Kier alpha value is -2.51. The monoisotopic (exact) mass is 293 g/mol. The number of hydrogen-bond donors (Lipinski definition) is 0. The Morgan fingerprint density at radius 3 is 2.24 bits per heavy atom. The van der Waals surface area contributed by atoms with Crippen LogP contribution in [0.3, 0.4) is 0 Å². The summed E-state index contributed by atoms with van der Waals surface area (Å²) in [5, 5.41) is 21.7. The summed E-state index contributed by atoms with van der Waals surface area (Å²) in [6.45, 7) is 3.16. The average Bonchev–Trinajstić information content (AvgIpc) is 2.45. The van der Waals surface area contributed by atoms with Gasteiger partial charge in [-0.1, -0.05) is 6.92 Å². The van der Waals surface area contributed by atoms with Crippen molar-refractivity contribution in [1.29, 1.82) is 0 Å². The molecule has 0 aromatic heterocycles. The molecular weight excluding hydrogens is 278 g/mol. The summed E-state index contributed by atoms with van der Waals surface area (Å²) in [7, 11) is 0. The molecule has 1 aromatic carbocycles. The SMILES string of the molecule is C[C@H]1CCCN(C(=O)c2cc([N+](=O)[O-])cc([N+](=O)[O-])c2)C1. The second-order valence-electron chi connectivity index (χ2n) is 5.25. The largest absolute Gasteiger partial charge is 0.338 e. The minimum Gasteiger partial charge on any atom is -0.338 e. The van der Waals surface area contributed by atoms with Crippen LogP contribution in [0.15, 0.2) is 18.2 Å². The number of benzene rings is 1. The number of nitro benzene ring substituents is 2. The van der Waals surface area contributed by atoms with Gasteiger partial charge in [0.15, 0.2) is 0 Å². The van der Waals surface area contributed by atoms with Crippen LogP contribution in [0.25, 0.3) is 0 Å². The lowest BCUT2D eigenvalue weighted by Crippen LogP contribution is -2.39. The summed E-state index contributed by atoms with van der Waals surface area (Å²) in [4.78, 5) is 34.2. The van der Waals surface area contributed by atoms with Gasteiger partial charge >= 0.3 is 0 Å². The van der Waals surface area contributed by atoms with E-state index in [-0.39, 0.29) is 5.56 Å². The Morgan fingerprint density at radius 1 is 1.19 bits per heavy atom. The van der Waals surface area contributed by atoms with Crippen molar-refractivity contribution in [2.24, 2.45) is 5.92 Å². The van der Waals surface area contributed by atoms with Gasteiger partial charge in [0, 0.05) is 25.2 Å². The highest BCUT2D eigenvalue weighted by atomic mass is 16.6. The third kappa shape index (κ3) is 3.33. The molecule has 0 spiro atoms. The molecule has 1 heterocycles. The fraction of sp³-hybridized carbons (Fsp3) is 0.462. The van der Waals surface area contributed by atoms with Gasteiger partial charge in [0.25, 0.3) is 17.3 Å². The first-order valence-electron chi connectivity index (χ1n) is 6.61. The Bertz CT molecular complexity index is 569. The van der Waals surface area contributed by atoms with E-state index in [0.717, 1.165) is 31.0 Å². The first-order valence-corrected chi connectivity index (χ1v) is 6.61. The van der Waals surface area contributed by atoms with E-state index in [2.05, 4.69) is 0 Å². The fourth-order valence-corrected chi connectivity index (χ4v) is 2.49. The predicted molar refractivity (Wildman–Crippen MR) is 74.1 cm³/mol. The van der Waals surface area contributed by atoms with E-state index in [1.54, 1.807) is 4.90 Å². The zero-order valence-electron chi connectivity index (χ0n) is 11.5. The molecule has 1 aliphatic rings. The van der Waals surface area contributed by atoms with E-state index in [0.29, 0.717) is 19.0 Å². The lowest BCUT2D eigenvalue weighted by molar-refractivity contribution is -0.394. The Labute approximate surface area is 120 Å². The maximum atomic E-state index is 12.4. The number of nitro groups is 2. The molecule has 0 unspecified atom stereocenters. The molecule has 8 nitrogen and oxygen atoms in total. The van der Waals surface area contributed by atoms with Crippen LogP contribution >= 0.6 is 0 Å². The molecule has 2 rings (SSSR count). The molecule has 0 bridgehead atoms. The van der Waals surface area contributed by atoms with Gasteiger partial charge in [-0.05, 0) is 18.8 Å². The molecule has 1 saturated heterocycles. The Kier molecular flexibility index (Phi) is 4.15. The molecule has 1 amide bonds. The van der Waals surface area contributed by atoms with Crippen LogP contribution in [0.1, 0.15) is 30.1 Å². The van der Waals surface area contributed by atoms with Gasteiger partial charge in [0.1, 0.15) is 0 Å². The van der Waals surface area contributed by atoms with E-state index >= 15 is 0 Å². The summed E-state index contributed by atoms with van der Waals surface area (Å²) in [6.07, 6.45) is 1.89. The number of rotatable bonds is 3. The van der Waals surface area contributed by atoms with Crippen molar-refractivity contribution < 1.29 is 14.6 Å². The van der Waals surface area contributed by atoms with Gasteiger partial charge < -0.3 is 4.90 Å². The van der Waals surface area contributed by atoms with Gasteiger partial charge in [-0.2, -0.15) is 0 Å². The van der Waals surface area contributed by atoms with Crippen LogP contribution in [0.5, 0.6) is 0 Å². The summed E-state index contributed by atoms with van der Waals surface area (Å²) in [5.74, 6) is -0.0373. The molecule has 0 N–H and O–H groups in total. The molecule has 112 valence electrons. The van der Waals surface area contributed by atoms with E-state index in [1.165, 1.54) is 0 Å². The molecule has 1 aliphatic heterocycles. The second kappa shape index (κ2) is 5.86. The zero-order chi connectivity index (χ0) is 15.6. The molecule has 1 atom stereocenters. The smallest absolute Gasteiger partial charge is 0.277 e. The number of nitrogens with zero attached hydrogens (tertiary/aromatic N) is 3. The molecule has 8 heteroatoms. The minimum atomic E-state index is -0.734. The van der Waals surface area contributed by atoms with Crippen LogP contribution in [0.2, 0.25) is 0 Å². The van der Waals surface area contributed by atoms with Gasteiger partial charge in [-0.15, -0.1) is 0 Å². The minimum absolute atomic E-state index is 0.00926. The predicted octanol–water partition coefficient (Wildman–Crippen LogP) is 2.38. The standard InChI is InChI=1S/C13H15N3O5/c1-9-3-2-4-14(8-9)13(17)10-5-11(15(18)19)7-12(6-10)16(20)21/h5-7,9H,2-4,8H2,1H3/t9-/m0/s1. The van der Waals surface area contributed by atoms with Crippen molar-refractivity contribution in [2.45, 2.75) is 19.8 Å². The van der Waals surface area contributed by atoms with Crippen molar-refractivity contribution in [2.75, 3.05) is 13.1 Å². The third-order valence-electron chi connectivity index (χ3n) is 3.52. The number of hydrogen-bond acceptors (Lipinski definition) is 5. The quantitative estimate of drug-likeness (QED) is 0.628. The van der Waals surface area contributed by atoms with Gasteiger partial charge in [-0.3, -0.25) is 25.0 Å². The van der Waals surface area contributed by atoms with Crippen LogP contribution in [0, 0.1) is 26.1 Å². The number of carbonyl (C=O) groups excluding carboxylic acids is 1. The average molecular weight is 293 g/mol. The molecule has 1 fully saturated rings. The molecule has 0 saturated carbocycles. The fourth-order valence-electron chi connectivity index (χ4n) is 2.49. The lowest BCUT2D eigenvalue weighted by Gasteiger charge is -2.30. The van der Waals surface area contributed by atoms with Crippen molar-refractivity contribution in [3.63, 3.8) is 0 Å². The maximum Gasteiger partial charge on any atom is 0.277 e. The Morgan fingerprint density at radius 2 is 1.76 bits per heavy atom. The highest BCUT2D eigenvalue weighted by Crippen LogP contribution is 2.25. The topological polar surface area (TPSA) is 107 Å². The van der Waals surface area contributed by atoms with Gasteiger partial charge in [0.05, 0.1) is 21.5 Å². The number of amides is 1.